The van der Waals surface area contributed by atoms with Crippen LogP contribution in [0, 0.1) is 5.82 Å². The first-order valence-corrected chi connectivity index (χ1v) is 7.81. The van der Waals surface area contributed by atoms with Crippen LogP contribution >= 0.6 is 11.8 Å². The number of halogens is 1. The van der Waals surface area contributed by atoms with E-state index >= 15 is 0 Å². The number of hydrogen-bond acceptors (Lipinski definition) is 2. The highest BCUT2D eigenvalue weighted by Gasteiger charge is 2.19. The van der Waals surface area contributed by atoms with Gasteiger partial charge in [0.05, 0.1) is 5.25 Å². The summed E-state index contributed by atoms with van der Waals surface area (Å²) in [6, 6.07) is 16.3. The minimum absolute atomic E-state index is 0.0605. The molecule has 0 radical (unpaired) electrons. The van der Waals surface area contributed by atoms with Gasteiger partial charge in [-0.15, -0.1) is 11.8 Å². The molecule has 0 saturated carbocycles. The van der Waals surface area contributed by atoms with Crippen LogP contribution in [0.15, 0.2) is 59.5 Å². The van der Waals surface area contributed by atoms with Gasteiger partial charge in [0, 0.05) is 11.4 Å². The van der Waals surface area contributed by atoms with Crippen molar-refractivity contribution in [3.63, 3.8) is 0 Å². The summed E-state index contributed by atoms with van der Waals surface area (Å²) >= 11 is 1.27. The van der Waals surface area contributed by atoms with Gasteiger partial charge in [0.25, 0.3) is 0 Å². The lowest BCUT2D eigenvalue weighted by Gasteiger charge is -2.15. The van der Waals surface area contributed by atoms with Gasteiger partial charge < -0.3 is 5.32 Å². The molecule has 0 fully saturated rings. The molecular formula is C17H18FNOS. The highest BCUT2D eigenvalue weighted by atomic mass is 32.2. The van der Waals surface area contributed by atoms with E-state index in [1.165, 1.54) is 17.8 Å². The van der Waals surface area contributed by atoms with Gasteiger partial charge in [-0.05, 0) is 24.1 Å². The summed E-state index contributed by atoms with van der Waals surface area (Å²) in [6.07, 6.45) is 0.652. The quantitative estimate of drug-likeness (QED) is 0.817. The number of benzene rings is 2. The van der Waals surface area contributed by atoms with Crippen molar-refractivity contribution < 1.29 is 9.18 Å². The van der Waals surface area contributed by atoms with Crippen LogP contribution in [0.2, 0.25) is 0 Å². The standard InChI is InChI=1S/C17H18FNOS/c1-2-15(21-16-11-7-6-10-14(16)18)17(20)19-12-13-8-4-3-5-9-13/h3-11,15H,2,12H2,1H3,(H,19,20). The normalized spacial score (nSPS) is 11.9. The Bertz CT molecular complexity index is 588. The first kappa shape index (κ1) is 15.6. The molecule has 1 unspecified atom stereocenters. The zero-order valence-corrected chi connectivity index (χ0v) is 12.7. The van der Waals surface area contributed by atoms with Gasteiger partial charge in [-0.1, -0.05) is 49.4 Å². The van der Waals surface area contributed by atoms with Crippen molar-refractivity contribution in [2.45, 2.75) is 30.0 Å². The van der Waals surface area contributed by atoms with Crippen LogP contribution in [0.5, 0.6) is 0 Å². The van der Waals surface area contributed by atoms with E-state index in [4.69, 9.17) is 0 Å². The molecule has 0 aliphatic rings. The molecule has 110 valence electrons. The maximum absolute atomic E-state index is 13.6. The highest BCUT2D eigenvalue weighted by Crippen LogP contribution is 2.27. The van der Waals surface area contributed by atoms with Crippen molar-refractivity contribution in [3.05, 3.63) is 66.0 Å². The molecule has 1 amide bonds. The molecule has 21 heavy (non-hydrogen) atoms. The maximum Gasteiger partial charge on any atom is 0.233 e. The summed E-state index contributed by atoms with van der Waals surface area (Å²) < 4.78 is 13.6. The third kappa shape index (κ3) is 4.60. The Kier molecular flexibility index (Phi) is 5.81. The Hall–Kier alpha value is -1.81. The predicted molar refractivity (Wildman–Crippen MR) is 84.6 cm³/mol. The van der Waals surface area contributed by atoms with Crippen molar-refractivity contribution >= 4 is 17.7 Å². The molecule has 1 N–H and O–H groups in total. The van der Waals surface area contributed by atoms with Crippen LogP contribution in [0.25, 0.3) is 0 Å². The Morgan fingerprint density at radius 1 is 1.14 bits per heavy atom. The second-order valence-corrected chi connectivity index (χ2v) is 5.89. The van der Waals surface area contributed by atoms with Crippen LogP contribution in [0.1, 0.15) is 18.9 Å². The van der Waals surface area contributed by atoms with E-state index in [0.717, 1.165) is 5.56 Å². The largest absolute Gasteiger partial charge is 0.351 e. The number of amides is 1. The molecular weight excluding hydrogens is 285 g/mol. The second kappa shape index (κ2) is 7.84. The molecule has 0 aliphatic carbocycles. The van der Waals surface area contributed by atoms with Gasteiger partial charge >= 0.3 is 0 Å². The summed E-state index contributed by atoms with van der Waals surface area (Å²) in [7, 11) is 0. The average Bonchev–Trinajstić information content (AvgIpc) is 2.53. The number of nitrogens with one attached hydrogen (secondary N) is 1. The molecule has 1 atom stereocenters. The molecule has 0 bridgehead atoms. The van der Waals surface area contributed by atoms with Crippen LogP contribution in [-0.4, -0.2) is 11.2 Å². The first-order chi connectivity index (χ1) is 10.2. The minimum atomic E-state index is -0.286. The summed E-state index contributed by atoms with van der Waals surface area (Å²) in [4.78, 5) is 12.7. The van der Waals surface area contributed by atoms with E-state index < -0.39 is 0 Å². The molecule has 0 aliphatic heterocycles. The van der Waals surface area contributed by atoms with E-state index in [0.29, 0.717) is 17.9 Å². The lowest BCUT2D eigenvalue weighted by molar-refractivity contribution is -0.120. The minimum Gasteiger partial charge on any atom is -0.351 e. The Balaban J connectivity index is 1.94. The predicted octanol–water partition coefficient (Wildman–Crippen LogP) is 4.01. The number of hydrogen-bond donors (Lipinski definition) is 1. The molecule has 0 spiro atoms. The van der Waals surface area contributed by atoms with Crippen molar-refractivity contribution in [2.75, 3.05) is 0 Å². The molecule has 2 nitrogen and oxygen atoms in total. The Morgan fingerprint density at radius 3 is 2.48 bits per heavy atom. The van der Waals surface area contributed by atoms with Gasteiger partial charge in [-0.3, -0.25) is 4.79 Å². The van der Waals surface area contributed by atoms with Gasteiger partial charge in [-0.2, -0.15) is 0 Å². The summed E-state index contributed by atoms with van der Waals surface area (Å²) in [5.41, 5.74) is 1.05. The van der Waals surface area contributed by atoms with Crippen LogP contribution in [0.4, 0.5) is 4.39 Å². The first-order valence-electron chi connectivity index (χ1n) is 6.93. The number of thioether (sulfide) groups is 1. The Morgan fingerprint density at radius 2 is 1.81 bits per heavy atom. The summed E-state index contributed by atoms with van der Waals surface area (Å²) in [6.45, 7) is 2.43. The van der Waals surface area contributed by atoms with Crippen molar-refractivity contribution in [1.82, 2.24) is 5.32 Å². The average molecular weight is 303 g/mol. The van der Waals surface area contributed by atoms with Crippen molar-refractivity contribution in [3.8, 4) is 0 Å². The second-order valence-electron chi connectivity index (χ2n) is 4.65. The van der Waals surface area contributed by atoms with Crippen LogP contribution in [-0.2, 0) is 11.3 Å². The lowest BCUT2D eigenvalue weighted by atomic mass is 10.2. The number of carbonyl (C=O) groups excluding carboxylic acids is 1. The fraction of sp³-hybridized carbons (Fsp3) is 0.235. The zero-order chi connectivity index (χ0) is 15.1. The van der Waals surface area contributed by atoms with Crippen molar-refractivity contribution in [1.29, 1.82) is 0 Å². The summed E-state index contributed by atoms with van der Waals surface area (Å²) in [5, 5.41) is 2.62. The maximum atomic E-state index is 13.6. The number of rotatable bonds is 6. The molecule has 0 heterocycles. The fourth-order valence-corrected chi connectivity index (χ4v) is 2.92. The molecule has 4 heteroatoms. The van der Waals surface area contributed by atoms with E-state index in [-0.39, 0.29) is 17.0 Å². The zero-order valence-electron chi connectivity index (χ0n) is 11.9. The van der Waals surface area contributed by atoms with Gasteiger partial charge in [0.1, 0.15) is 5.82 Å². The van der Waals surface area contributed by atoms with Crippen LogP contribution < -0.4 is 5.32 Å². The highest BCUT2D eigenvalue weighted by molar-refractivity contribution is 8.00. The van der Waals surface area contributed by atoms with E-state index in [1.54, 1.807) is 18.2 Å². The fourth-order valence-electron chi connectivity index (χ4n) is 1.91. The van der Waals surface area contributed by atoms with Crippen molar-refractivity contribution in [2.24, 2.45) is 0 Å². The van der Waals surface area contributed by atoms with E-state index in [1.807, 2.05) is 37.3 Å². The molecule has 2 rings (SSSR count). The monoisotopic (exact) mass is 303 g/mol. The smallest absolute Gasteiger partial charge is 0.233 e. The number of carbonyl (C=O) groups is 1. The third-order valence-corrected chi connectivity index (χ3v) is 4.50. The van der Waals surface area contributed by atoms with Gasteiger partial charge in [-0.25, -0.2) is 4.39 Å². The third-order valence-electron chi connectivity index (χ3n) is 3.08. The van der Waals surface area contributed by atoms with Gasteiger partial charge in [0.15, 0.2) is 0 Å². The topological polar surface area (TPSA) is 29.1 Å². The van der Waals surface area contributed by atoms with E-state index in [9.17, 15) is 9.18 Å². The molecule has 0 aromatic heterocycles. The lowest BCUT2D eigenvalue weighted by Crippen LogP contribution is -2.31. The SMILES string of the molecule is CCC(Sc1ccccc1F)C(=O)NCc1ccccc1. The van der Waals surface area contributed by atoms with Gasteiger partial charge in [0.2, 0.25) is 5.91 Å². The molecule has 2 aromatic carbocycles. The van der Waals surface area contributed by atoms with E-state index in [2.05, 4.69) is 5.32 Å². The molecule has 2 aromatic rings. The molecule has 0 saturated heterocycles. The summed E-state index contributed by atoms with van der Waals surface area (Å²) in [5.74, 6) is -0.341. The Labute approximate surface area is 128 Å². The van der Waals surface area contributed by atoms with Crippen LogP contribution in [0.3, 0.4) is 0 Å².